The summed E-state index contributed by atoms with van der Waals surface area (Å²) >= 11 is 0. The lowest BCUT2D eigenvalue weighted by molar-refractivity contribution is -0.119. The predicted molar refractivity (Wildman–Crippen MR) is 113 cm³/mol. The van der Waals surface area contributed by atoms with E-state index in [0.29, 0.717) is 5.69 Å². The number of aryl methyl sites for hydroxylation is 1. The van der Waals surface area contributed by atoms with Crippen LogP contribution in [0.2, 0.25) is 0 Å². The summed E-state index contributed by atoms with van der Waals surface area (Å²) in [6.07, 6.45) is 2.59. The summed E-state index contributed by atoms with van der Waals surface area (Å²) in [5.74, 6) is -0.526. The van der Waals surface area contributed by atoms with E-state index < -0.39 is 15.9 Å². The predicted octanol–water partition coefficient (Wildman–Crippen LogP) is 3.06. The van der Waals surface area contributed by atoms with Gasteiger partial charge in [-0.3, -0.25) is 9.10 Å². The van der Waals surface area contributed by atoms with Gasteiger partial charge >= 0.3 is 0 Å². The van der Waals surface area contributed by atoms with Crippen LogP contribution in [0.5, 0.6) is 0 Å². The number of carbonyl (C=O) groups is 1. The van der Waals surface area contributed by atoms with Crippen LogP contribution in [0.25, 0.3) is 10.8 Å². The van der Waals surface area contributed by atoms with Crippen LogP contribution in [0, 0.1) is 6.92 Å². The minimum atomic E-state index is -3.67. The van der Waals surface area contributed by atoms with Crippen LogP contribution in [0.3, 0.4) is 0 Å². The first-order chi connectivity index (χ1) is 13.3. The molecule has 0 aliphatic heterocycles. The van der Waals surface area contributed by atoms with Crippen LogP contribution >= 0.6 is 0 Å². The van der Waals surface area contributed by atoms with Gasteiger partial charge in [0.15, 0.2) is 0 Å². The summed E-state index contributed by atoms with van der Waals surface area (Å²) in [5, 5.41) is 5.57. The molecule has 0 saturated carbocycles. The van der Waals surface area contributed by atoms with Gasteiger partial charge < -0.3 is 0 Å². The van der Waals surface area contributed by atoms with Crippen LogP contribution in [-0.2, 0) is 14.8 Å². The molecule has 3 aromatic rings. The first kappa shape index (κ1) is 19.6. The fourth-order valence-electron chi connectivity index (χ4n) is 2.80. The van der Waals surface area contributed by atoms with E-state index in [2.05, 4.69) is 10.5 Å². The normalized spacial score (nSPS) is 11.6. The zero-order chi connectivity index (χ0) is 20.1. The SMILES string of the molecule is Cc1ccc(/C=N\NC(=O)CN(c2cccc3ccccc23)S(C)(=O)=O)cc1. The van der Waals surface area contributed by atoms with Crippen molar-refractivity contribution in [3.8, 4) is 0 Å². The summed E-state index contributed by atoms with van der Waals surface area (Å²) < 4.78 is 25.8. The number of carbonyl (C=O) groups excluding carboxylic acids is 1. The van der Waals surface area contributed by atoms with E-state index in [0.717, 1.165) is 32.5 Å². The number of hydrogen-bond acceptors (Lipinski definition) is 4. The maximum Gasteiger partial charge on any atom is 0.260 e. The highest BCUT2D eigenvalue weighted by Gasteiger charge is 2.22. The Labute approximate surface area is 164 Å². The summed E-state index contributed by atoms with van der Waals surface area (Å²) in [5.41, 5.74) is 4.81. The van der Waals surface area contributed by atoms with Gasteiger partial charge in [-0.1, -0.05) is 66.2 Å². The molecule has 0 saturated heterocycles. The Morgan fingerprint density at radius 3 is 2.43 bits per heavy atom. The van der Waals surface area contributed by atoms with Crippen LogP contribution in [-0.4, -0.2) is 33.3 Å². The second-order valence-electron chi connectivity index (χ2n) is 6.47. The fraction of sp³-hybridized carbons (Fsp3) is 0.143. The molecule has 0 heterocycles. The average molecular weight is 395 g/mol. The lowest BCUT2D eigenvalue weighted by atomic mass is 10.1. The molecule has 3 rings (SSSR count). The van der Waals surface area contributed by atoms with Gasteiger partial charge in [0.05, 0.1) is 18.2 Å². The monoisotopic (exact) mass is 395 g/mol. The third kappa shape index (κ3) is 4.75. The highest BCUT2D eigenvalue weighted by molar-refractivity contribution is 7.92. The zero-order valence-electron chi connectivity index (χ0n) is 15.7. The minimum absolute atomic E-state index is 0.363. The highest BCUT2D eigenvalue weighted by atomic mass is 32.2. The molecule has 28 heavy (non-hydrogen) atoms. The molecular weight excluding hydrogens is 374 g/mol. The quantitative estimate of drug-likeness (QED) is 0.515. The number of benzene rings is 3. The van der Waals surface area contributed by atoms with Gasteiger partial charge in [0.2, 0.25) is 10.0 Å². The van der Waals surface area contributed by atoms with E-state index in [9.17, 15) is 13.2 Å². The maximum atomic E-state index is 12.3. The summed E-state index contributed by atoms with van der Waals surface area (Å²) in [7, 11) is -3.67. The standard InChI is InChI=1S/C21H21N3O3S/c1-16-10-12-17(13-11-16)14-22-23-21(25)15-24(28(2,26)27)20-9-5-7-18-6-3-4-8-19(18)20/h3-14H,15H2,1-2H3,(H,23,25)/b22-14-. The van der Waals surface area contributed by atoms with Gasteiger partial charge in [-0.05, 0) is 23.9 Å². The molecular formula is C21H21N3O3S. The molecule has 0 radical (unpaired) electrons. The minimum Gasteiger partial charge on any atom is -0.271 e. The van der Waals surface area contributed by atoms with Crippen LogP contribution in [0.4, 0.5) is 5.69 Å². The third-order valence-corrected chi connectivity index (χ3v) is 5.33. The Morgan fingerprint density at radius 1 is 1.04 bits per heavy atom. The maximum absolute atomic E-state index is 12.3. The van der Waals surface area contributed by atoms with Crippen molar-refractivity contribution in [2.45, 2.75) is 6.92 Å². The Hall–Kier alpha value is -3.19. The highest BCUT2D eigenvalue weighted by Crippen LogP contribution is 2.28. The largest absolute Gasteiger partial charge is 0.271 e. The molecule has 144 valence electrons. The first-order valence-corrected chi connectivity index (χ1v) is 10.5. The van der Waals surface area contributed by atoms with Crippen molar-refractivity contribution in [2.24, 2.45) is 5.10 Å². The molecule has 1 amide bonds. The van der Waals surface area contributed by atoms with E-state index >= 15 is 0 Å². The van der Waals surface area contributed by atoms with Gasteiger partial charge in [0.1, 0.15) is 6.54 Å². The van der Waals surface area contributed by atoms with E-state index in [1.165, 1.54) is 6.21 Å². The number of amides is 1. The second kappa shape index (κ2) is 8.22. The molecule has 6 nitrogen and oxygen atoms in total. The Morgan fingerprint density at radius 2 is 1.71 bits per heavy atom. The van der Waals surface area contributed by atoms with E-state index in [4.69, 9.17) is 0 Å². The van der Waals surface area contributed by atoms with Crippen molar-refractivity contribution in [3.63, 3.8) is 0 Å². The number of fused-ring (bicyclic) bond motifs is 1. The molecule has 1 N–H and O–H groups in total. The van der Waals surface area contributed by atoms with Crippen LogP contribution in [0.1, 0.15) is 11.1 Å². The number of nitrogens with one attached hydrogen (secondary N) is 1. The molecule has 0 fully saturated rings. The fourth-order valence-corrected chi connectivity index (χ4v) is 3.67. The van der Waals surface area contributed by atoms with Gasteiger partial charge in [0, 0.05) is 5.39 Å². The number of rotatable bonds is 6. The van der Waals surface area contributed by atoms with E-state index in [1.54, 1.807) is 12.1 Å². The van der Waals surface area contributed by atoms with E-state index in [1.807, 2.05) is 61.5 Å². The van der Waals surface area contributed by atoms with Crippen molar-refractivity contribution in [1.29, 1.82) is 0 Å². The Balaban J connectivity index is 1.79. The van der Waals surface area contributed by atoms with Crippen molar-refractivity contribution < 1.29 is 13.2 Å². The summed E-state index contributed by atoms with van der Waals surface area (Å²) in [6.45, 7) is 1.62. The van der Waals surface area contributed by atoms with Crippen molar-refractivity contribution in [2.75, 3.05) is 17.1 Å². The number of sulfonamides is 1. The topological polar surface area (TPSA) is 78.8 Å². The molecule has 0 aliphatic rings. The van der Waals surface area contributed by atoms with Crippen LogP contribution < -0.4 is 9.73 Å². The van der Waals surface area contributed by atoms with Gasteiger partial charge in [-0.15, -0.1) is 0 Å². The Bertz CT molecular complexity index is 1120. The van der Waals surface area contributed by atoms with E-state index in [-0.39, 0.29) is 6.54 Å². The van der Waals surface area contributed by atoms with Gasteiger partial charge in [0.25, 0.3) is 5.91 Å². The van der Waals surface area contributed by atoms with Crippen LogP contribution in [0.15, 0.2) is 71.8 Å². The number of anilines is 1. The molecule has 7 heteroatoms. The smallest absolute Gasteiger partial charge is 0.260 e. The summed E-state index contributed by atoms with van der Waals surface area (Å²) in [4.78, 5) is 12.3. The lowest BCUT2D eigenvalue weighted by Gasteiger charge is -2.23. The van der Waals surface area contributed by atoms with Crippen molar-refractivity contribution in [3.05, 3.63) is 77.9 Å². The number of hydrazone groups is 1. The van der Waals surface area contributed by atoms with Gasteiger partial charge in [-0.25, -0.2) is 13.8 Å². The number of nitrogens with zero attached hydrogens (tertiary/aromatic N) is 2. The Kier molecular flexibility index (Phi) is 5.75. The number of hydrogen-bond donors (Lipinski definition) is 1. The second-order valence-corrected chi connectivity index (χ2v) is 8.38. The molecule has 3 aromatic carbocycles. The molecule has 0 unspecified atom stereocenters. The van der Waals surface area contributed by atoms with Crippen molar-refractivity contribution in [1.82, 2.24) is 5.43 Å². The third-order valence-electron chi connectivity index (χ3n) is 4.20. The molecule has 0 aliphatic carbocycles. The molecule has 0 aromatic heterocycles. The lowest BCUT2D eigenvalue weighted by Crippen LogP contribution is -2.39. The summed E-state index contributed by atoms with van der Waals surface area (Å²) in [6, 6.07) is 20.4. The van der Waals surface area contributed by atoms with Gasteiger partial charge in [-0.2, -0.15) is 5.10 Å². The molecule has 0 spiro atoms. The zero-order valence-corrected chi connectivity index (χ0v) is 16.5. The van der Waals surface area contributed by atoms with Crippen molar-refractivity contribution >= 4 is 38.6 Å². The first-order valence-electron chi connectivity index (χ1n) is 8.68. The molecule has 0 atom stereocenters. The average Bonchev–Trinajstić information content (AvgIpc) is 2.66. The molecule has 0 bridgehead atoms.